The summed E-state index contributed by atoms with van der Waals surface area (Å²) in [6.45, 7) is 7.58. The van der Waals surface area contributed by atoms with E-state index in [0.717, 1.165) is 6.54 Å². The fourth-order valence-electron chi connectivity index (χ4n) is 1.58. The number of aryl methyl sites for hydroxylation is 2. The van der Waals surface area contributed by atoms with Gasteiger partial charge in [0.1, 0.15) is 0 Å². The van der Waals surface area contributed by atoms with Gasteiger partial charge in [0.05, 0.1) is 0 Å². The predicted molar refractivity (Wildman–Crippen MR) is 58.0 cm³/mol. The Morgan fingerprint density at radius 1 is 1.00 bits per heavy atom. The van der Waals surface area contributed by atoms with Crippen LogP contribution in [0.4, 0.5) is 0 Å². The molecule has 1 rings (SSSR count). The molecule has 1 nitrogen and oxygen atoms in total. The lowest BCUT2D eigenvalue weighted by atomic mass is 10.0. The van der Waals surface area contributed by atoms with E-state index in [9.17, 15) is 0 Å². The van der Waals surface area contributed by atoms with Gasteiger partial charge in [-0.3, -0.25) is 0 Å². The Balaban J connectivity index is 2.99. The maximum atomic E-state index is 2.28. The maximum Gasteiger partial charge on any atom is 0.0227 e. The van der Waals surface area contributed by atoms with E-state index in [2.05, 4.69) is 51.9 Å². The first-order chi connectivity index (χ1) is 6.00. The quantitative estimate of drug-likeness (QED) is 0.671. The molecule has 0 bridgehead atoms. The third kappa shape index (κ3) is 2.56. The van der Waals surface area contributed by atoms with Gasteiger partial charge in [0.2, 0.25) is 0 Å². The molecule has 1 aromatic rings. The number of benzene rings is 1. The summed E-state index contributed by atoms with van der Waals surface area (Å²) < 4.78 is 0. The van der Waals surface area contributed by atoms with Crippen molar-refractivity contribution in [2.24, 2.45) is 0 Å². The van der Waals surface area contributed by atoms with Gasteiger partial charge in [0.15, 0.2) is 0 Å². The van der Waals surface area contributed by atoms with E-state index in [1.807, 2.05) is 0 Å². The lowest BCUT2D eigenvalue weighted by Crippen LogP contribution is -2.11. The molecule has 0 saturated heterocycles. The monoisotopic (exact) mass is 177 g/mol. The van der Waals surface area contributed by atoms with Crippen LogP contribution in [-0.2, 0) is 6.54 Å². The first-order valence-electron chi connectivity index (χ1n) is 4.72. The van der Waals surface area contributed by atoms with Crippen molar-refractivity contribution in [3.63, 3.8) is 0 Å². The van der Waals surface area contributed by atoms with Gasteiger partial charge in [0.25, 0.3) is 0 Å². The van der Waals surface area contributed by atoms with Crippen LogP contribution in [0.15, 0.2) is 12.1 Å². The molecule has 72 valence electrons. The molecule has 13 heavy (non-hydrogen) atoms. The second-order valence-corrected chi connectivity index (χ2v) is 4.09. The van der Waals surface area contributed by atoms with Gasteiger partial charge in [-0.2, -0.15) is 0 Å². The highest BCUT2D eigenvalue weighted by molar-refractivity contribution is 5.36. The largest absolute Gasteiger partial charge is 0.305 e. The van der Waals surface area contributed by atoms with Gasteiger partial charge >= 0.3 is 0 Å². The first kappa shape index (κ1) is 10.3. The summed E-state index contributed by atoms with van der Waals surface area (Å²) >= 11 is 0. The van der Waals surface area contributed by atoms with E-state index >= 15 is 0 Å². The Morgan fingerprint density at radius 3 is 1.85 bits per heavy atom. The molecule has 1 aromatic carbocycles. The predicted octanol–water partition coefficient (Wildman–Crippen LogP) is 2.67. The number of hydrogen-bond acceptors (Lipinski definition) is 1. The van der Waals surface area contributed by atoms with Gasteiger partial charge < -0.3 is 4.90 Å². The molecule has 0 N–H and O–H groups in total. The zero-order valence-corrected chi connectivity index (χ0v) is 9.31. The normalized spacial score (nSPS) is 10.9. The van der Waals surface area contributed by atoms with Crippen LogP contribution < -0.4 is 0 Å². The van der Waals surface area contributed by atoms with Crippen LogP contribution in [0.25, 0.3) is 0 Å². The highest BCUT2D eigenvalue weighted by atomic mass is 15.0. The molecule has 0 aliphatic heterocycles. The lowest BCUT2D eigenvalue weighted by molar-refractivity contribution is 0.402. The molecule has 0 saturated carbocycles. The summed E-state index contributed by atoms with van der Waals surface area (Å²) in [7, 11) is 4.20. The highest BCUT2D eigenvalue weighted by Crippen LogP contribution is 2.15. The summed E-state index contributed by atoms with van der Waals surface area (Å²) in [4.78, 5) is 2.20. The summed E-state index contributed by atoms with van der Waals surface area (Å²) in [5, 5.41) is 0. The molecule has 0 atom stereocenters. The minimum atomic E-state index is 1.03. The lowest BCUT2D eigenvalue weighted by Gasteiger charge is -2.13. The van der Waals surface area contributed by atoms with Gasteiger partial charge in [-0.05, 0) is 57.1 Å². The molecule has 0 aliphatic carbocycles. The smallest absolute Gasteiger partial charge is 0.0227 e. The van der Waals surface area contributed by atoms with E-state index in [1.165, 1.54) is 22.3 Å². The van der Waals surface area contributed by atoms with Crippen LogP contribution in [0.5, 0.6) is 0 Å². The molecular formula is C12H19N. The van der Waals surface area contributed by atoms with Crippen molar-refractivity contribution in [1.82, 2.24) is 4.90 Å². The molecule has 0 amide bonds. The molecule has 1 heteroatoms. The summed E-state index contributed by atoms with van der Waals surface area (Å²) in [6, 6.07) is 4.56. The summed E-state index contributed by atoms with van der Waals surface area (Å²) in [5.41, 5.74) is 5.63. The Morgan fingerprint density at radius 2 is 1.46 bits per heavy atom. The van der Waals surface area contributed by atoms with Crippen molar-refractivity contribution < 1.29 is 0 Å². The van der Waals surface area contributed by atoms with Crippen LogP contribution in [0.2, 0.25) is 0 Å². The van der Waals surface area contributed by atoms with Crippen molar-refractivity contribution in [3.8, 4) is 0 Å². The first-order valence-corrected chi connectivity index (χ1v) is 4.72. The molecule has 0 unspecified atom stereocenters. The van der Waals surface area contributed by atoms with Crippen molar-refractivity contribution >= 4 is 0 Å². The Bertz CT molecular complexity index is 277. The van der Waals surface area contributed by atoms with E-state index in [1.54, 1.807) is 0 Å². The fraction of sp³-hybridized carbons (Fsp3) is 0.500. The molecule has 0 heterocycles. The average molecular weight is 177 g/mol. The zero-order chi connectivity index (χ0) is 10.0. The molecule has 0 fully saturated rings. The van der Waals surface area contributed by atoms with E-state index in [-0.39, 0.29) is 0 Å². The van der Waals surface area contributed by atoms with E-state index in [4.69, 9.17) is 0 Å². The standard InChI is InChI=1S/C12H19N/c1-9-6-12(8-13(4)5)7-10(2)11(9)3/h6-7H,8H2,1-5H3. The molecule has 0 aromatic heterocycles. The maximum absolute atomic E-state index is 2.28. The van der Waals surface area contributed by atoms with E-state index < -0.39 is 0 Å². The van der Waals surface area contributed by atoms with Gasteiger partial charge in [0, 0.05) is 6.54 Å². The van der Waals surface area contributed by atoms with Crippen LogP contribution in [0, 0.1) is 20.8 Å². The third-order valence-electron chi connectivity index (χ3n) is 2.49. The SMILES string of the molecule is Cc1cc(CN(C)C)cc(C)c1C. The minimum Gasteiger partial charge on any atom is -0.305 e. The molecule has 0 radical (unpaired) electrons. The van der Waals surface area contributed by atoms with Crippen molar-refractivity contribution in [2.45, 2.75) is 27.3 Å². The number of nitrogens with zero attached hydrogens (tertiary/aromatic N) is 1. The number of hydrogen-bond donors (Lipinski definition) is 0. The fourth-order valence-corrected chi connectivity index (χ4v) is 1.58. The van der Waals surface area contributed by atoms with Crippen molar-refractivity contribution in [2.75, 3.05) is 14.1 Å². The van der Waals surface area contributed by atoms with Gasteiger partial charge in [-0.15, -0.1) is 0 Å². The van der Waals surface area contributed by atoms with Crippen LogP contribution in [0.1, 0.15) is 22.3 Å². The zero-order valence-electron chi connectivity index (χ0n) is 9.31. The second-order valence-electron chi connectivity index (χ2n) is 4.09. The van der Waals surface area contributed by atoms with Crippen LogP contribution in [-0.4, -0.2) is 19.0 Å². The summed E-state index contributed by atoms with van der Waals surface area (Å²) in [6.07, 6.45) is 0. The molecular weight excluding hydrogens is 158 g/mol. The molecule has 0 aliphatic rings. The minimum absolute atomic E-state index is 1.03. The van der Waals surface area contributed by atoms with Crippen molar-refractivity contribution in [3.05, 3.63) is 34.4 Å². The van der Waals surface area contributed by atoms with Crippen LogP contribution in [0.3, 0.4) is 0 Å². The van der Waals surface area contributed by atoms with Gasteiger partial charge in [-0.25, -0.2) is 0 Å². The number of rotatable bonds is 2. The topological polar surface area (TPSA) is 3.24 Å². The Kier molecular flexibility index (Phi) is 3.10. The highest BCUT2D eigenvalue weighted by Gasteiger charge is 2.01. The van der Waals surface area contributed by atoms with Gasteiger partial charge in [-0.1, -0.05) is 12.1 Å². The Labute approximate surface area is 81.4 Å². The average Bonchev–Trinajstić information content (AvgIpc) is 1.98. The Hall–Kier alpha value is -0.820. The summed E-state index contributed by atoms with van der Waals surface area (Å²) in [5.74, 6) is 0. The van der Waals surface area contributed by atoms with Crippen molar-refractivity contribution in [1.29, 1.82) is 0 Å². The molecule has 0 spiro atoms. The third-order valence-corrected chi connectivity index (χ3v) is 2.49. The second kappa shape index (κ2) is 3.93. The van der Waals surface area contributed by atoms with E-state index in [0.29, 0.717) is 0 Å². The van der Waals surface area contributed by atoms with Crippen LogP contribution >= 0.6 is 0 Å².